The van der Waals surface area contributed by atoms with Crippen LogP contribution in [0.2, 0.25) is 5.15 Å². The van der Waals surface area contributed by atoms with Crippen molar-refractivity contribution in [1.82, 2.24) is 9.55 Å². The minimum atomic E-state index is 0.561. The molecule has 0 aliphatic rings. The van der Waals surface area contributed by atoms with E-state index in [1.54, 1.807) is 0 Å². The summed E-state index contributed by atoms with van der Waals surface area (Å²) in [6, 6.07) is 3.98. The highest BCUT2D eigenvalue weighted by Gasteiger charge is 2.01. The molecule has 0 atom stereocenters. The lowest BCUT2D eigenvalue weighted by Crippen LogP contribution is -1.95. The normalized spacial score (nSPS) is 11.0. The molecule has 2 aromatic rings. The summed E-state index contributed by atoms with van der Waals surface area (Å²) in [6.07, 6.45) is 6.35. The van der Waals surface area contributed by atoms with Gasteiger partial charge in [-0.15, -0.1) is 0 Å². The number of pyridine rings is 1. The molecule has 2 aromatic heterocycles. The van der Waals surface area contributed by atoms with Crippen LogP contribution in [-0.2, 0) is 6.54 Å². The summed E-state index contributed by atoms with van der Waals surface area (Å²) in [5.74, 6) is 0. The van der Waals surface area contributed by atoms with E-state index < -0.39 is 0 Å². The predicted octanol–water partition coefficient (Wildman–Crippen LogP) is 3.49. The maximum absolute atomic E-state index is 5.81. The average Bonchev–Trinajstić information content (AvgIpc) is 2.57. The lowest BCUT2D eigenvalue weighted by Gasteiger charge is -2.02. The Morgan fingerprint density at radius 2 is 2.36 bits per heavy atom. The molecule has 2 heterocycles. The Bertz CT molecular complexity index is 434. The van der Waals surface area contributed by atoms with E-state index in [0.717, 1.165) is 6.54 Å². The van der Waals surface area contributed by atoms with Gasteiger partial charge < -0.3 is 4.57 Å². The van der Waals surface area contributed by atoms with E-state index in [4.69, 9.17) is 11.6 Å². The number of hydrogen-bond acceptors (Lipinski definition) is 1. The van der Waals surface area contributed by atoms with Gasteiger partial charge in [-0.2, -0.15) is 0 Å². The van der Waals surface area contributed by atoms with Crippen LogP contribution in [0, 0.1) is 0 Å². The van der Waals surface area contributed by atoms with Crippen molar-refractivity contribution in [1.29, 1.82) is 0 Å². The number of hydrogen-bond donors (Lipinski definition) is 0. The third-order valence-corrected chi connectivity index (χ3v) is 2.58. The number of fused-ring (bicyclic) bond motifs is 1. The van der Waals surface area contributed by atoms with Crippen LogP contribution in [0.25, 0.3) is 10.9 Å². The Morgan fingerprint density at radius 1 is 1.50 bits per heavy atom. The predicted molar refractivity (Wildman–Crippen MR) is 59.7 cm³/mol. The quantitative estimate of drug-likeness (QED) is 0.707. The summed E-state index contributed by atoms with van der Waals surface area (Å²) < 4.78 is 2.22. The van der Waals surface area contributed by atoms with E-state index in [-0.39, 0.29) is 0 Å². The molecule has 74 valence electrons. The first-order chi connectivity index (χ1) is 6.81. The van der Waals surface area contributed by atoms with Gasteiger partial charge in [0.2, 0.25) is 0 Å². The molecule has 2 nitrogen and oxygen atoms in total. The molecule has 0 fully saturated rings. The van der Waals surface area contributed by atoms with Gasteiger partial charge in [0.05, 0.1) is 11.7 Å². The van der Waals surface area contributed by atoms with Crippen LogP contribution in [0.15, 0.2) is 24.5 Å². The lowest BCUT2D eigenvalue weighted by atomic mass is 10.3. The standard InChI is InChI=1S/C11H13ClN2/c1-2-3-5-14-6-4-9-7-11(12)13-8-10(9)14/h4,6-8H,2-3,5H2,1H3. The molecule has 0 aliphatic heterocycles. The third kappa shape index (κ3) is 1.75. The van der Waals surface area contributed by atoms with Crippen LogP contribution in [0.4, 0.5) is 0 Å². The fourth-order valence-corrected chi connectivity index (χ4v) is 1.75. The van der Waals surface area contributed by atoms with Gasteiger partial charge in [0.15, 0.2) is 0 Å². The number of unbranched alkanes of at least 4 members (excludes halogenated alkanes) is 1. The summed E-state index contributed by atoms with van der Waals surface area (Å²) in [5, 5.41) is 1.73. The van der Waals surface area contributed by atoms with Crippen molar-refractivity contribution >= 4 is 22.5 Å². The van der Waals surface area contributed by atoms with Crippen molar-refractivity contribution in [2.45, 2.75) is 26.3 Å². The van der Waals surface area contributed by atoms with Gasteiger partial charge in [-0.25, -0.2) is 4.98 Å². The maximum Gasteiger partial charge on any atom is 0.129 e. The van der Waals surface area contributed by atoms with E-state index in [9.17, 15) is 0 Å². The molecule has 0 amide bonds. The smallest absolute Gasteiger partial charge is 0.129 e. The SMILES string of the molecule is CCCCn1ccc2cc(Cl)ncc21. The van der Waals surface area contributed by atoms with Gasteiger partial charge in [0, 0.05) is 18.1 Å². The first kappa shape index (κ1) is 9.53. The Kier molecular flexibility index (Phi) is 2.73. The summed E-state index contributed by atoms with van der Waals surface area (Å²) in [7, 11) is 0. The van der Waals surface area contributed by atoms with Crippen LogP contribution >= 0.6 is 11.6 Å². The first-order valence-electron chi connectivity index (χ1n) is 4.91. The van der Waals surface area contributed by atoms with Crippen molar-refractivity contribution < 1.29 is 0 Å². The zero-order chi connectivity index (χ0) is 9.97. The molecular formula is C11H13ClN2. The Morgan fingerprint density at radius 3 is 3.14 bits per heavy atom. The number of aryl methyl sites for hydroxylation is 1. The molecule has 0 saturated heterocycles. The second-order valence-electron chi connectivity index (χ2n) is 3.43. The van der Waals surface area contributed by atoms with Crippen LogP contribution in [0.5, 0.6) is 0 Å². The highest BCUT2D eigenvalue weighted by molar-refractivity contribution is 6.30. The summed E-state index contributed by atoms with van der Waals surface area (Å²) in [6.45, 7) is 3.25. The van der Waals surface area contributed by atoms with Gasteiger partial charge in [-0.05, 0) is 18.6 Å². The van der Waals surface area contributed by atoms with E-state index in [1.807, 2.05) is 12.3 Å². The van der Waals surface area contributed by atoms with Gasteiger partial charge in [-0.3, -0.25) is 0 Å². The molecule has 0 radical (unpaired) electrons. The van der Waals surface area contributed by atoms with E-state index in [2.05, 4.69) is 28.7 Å². The van der Waals surface area contributed by atoms with Crippen molar-refractivity contribution in [2.75, 3.05) is 0 Å². The molecule has 2 rings (SSSR count). The van der Waals surface area contributed by atoms with Crippen LogP contribution < -0.4 is 0 Å². The molecular weight excluding hydrogens is 196 g/mol. The minimum Gasteiger partial charge on any atom is -0.346 e. The largest absolute Gasteiger partial charge is 0.346 e. The molecule has 0 saturated carbocycles. The number of halogens is 1. The fourth-order valence-electron chi connectivity index (χ4n) is 1.58. The zero-order valence-electron chi connectivity index (χ0n) is 8.20. The minimum absolute atomic E-state index is 0.561. The Balaban J connectivity index is 2.37. The molecule has 14 heavy (non-hydrogen) atoms. The summed E-state index contributed by atoms with van der Waals surface area (Å²) in [5.41, 5.74) is 1.17. The van der Waals surface area contributed by atoms with Crippen molar-refractivity contribution in [3.63, 3.8) is 0 Å². The van der Waals surface area contributed by atoms with Crippen molar-refractivity contribution in [2.24, 2.45) is 0 Å². The Labute approximate surface area is 88.5 Å². The second-order valence-corrected chi connectivity index (χ2v) is 3.82. The number of rotatable bonds is 3. The monoisotopic (exact) mass is 208 g/mol. The van der Waals surface area contributed by atoms with Gasteiger partial charge >= 0.3 is 0 Å². The molecule has 0 N–H and O–H groups in total. The highest BCUT2D eigenvalue weighted by atomic mass is 35.5. The summed E-state index contributed by atoms with van der Waals surface area (Å²) >= 11 is 5.81. The third-order valence-electron chi connectivity index (χ3n) is 2.38. The maximum atomic E-state index is 5.81. The van der Waals surface area contributed by atoms with E-state index in [1.165, 1.54) is 23.7 Å². The highest BCUT2D eigenvalue weighted by Crippen LogP contribution is 2.18. The number of nitrogens with zero attached hydrogens (tertiary/aromatic N) is 2. The molecule has 3 heteroatoms. The van der Waals surface area contributed by atoms with E-state index >= 15 is 0 Å². The molecule has 0 bridgehead atoms. The van der Waals surface area contributed by atoms with Gasteiger partial charge in [-0.1, -0.05) is 24.9 Å². The topological polar surface area (TPSA) is 17.8 Å². The molecule has 0 aliphatic carbocycles. The molecule has 0 unspecified atom stereocenters. The van der Waals surface area contributed by atoms with Crippen molar-refractivity contribution in [3.05, 3.63) is 29.7 Å². The Hall–Kier alpha value is -1.02. The van der Waals surface area contributed by atoms with Crippen LogP contribution in [0.1, 0.15) is 19.8 Å². The zero-order valence-corrected chi connectivity index (χ0v) is 8.96. The lowest BCUT2D eigenvalue weighted by molar-refractivity contribution is 0.649. The van der Waals surface area contributed by atoms with Crippen molar-refractivity contribution in [3.8, 4) is 0 Å². The van der Waals surface area contributed by atoms with Gasteiger partial charge in [0.25, 0.3) is 0 Å². The first-order valence-corrected chi connectivity index (χ1v) is 5.29. The summed E-state index contributed by atoms with van der Waals surface area (Å²) in [4.78, 5) is 4.09. The number of aromatic nitrogens is 2. The van der Waals surface area contributed by atoms with E-state index in [0.29, 0.717) is 5.15 Å². The van der Waals surface area contributed by atoms with Crippen LogP contribution in [-0.4, -0.2) is 9.55 Å². The van der Waals surface area contributed by atoms with Crippen LogP contribution in [0.3, 0.4) is 0 Å². The fraction of sp³-hybridized carbons (Fsp3) is 0.364. The average molecular weight is 209 g/mol. The van der Waals surface area contributed by atoms with Gasteiger partial charge in [0.1, 0.15) is 5.15 Å². The molecule has 0 spiro atoms. The second kappa shape index (κ2) is 4.01. The molecule has 0 aromatic carbocycles.